The molecule has 0 aliphatic rings. The standard InChI is InChI=1S/C13H18N4O3/c1-5-7-15(8-6-2)12(18)9-16-11(4)13(17(19)20)10(3)14-16/h5-6H,1-2,7-9H2,3-4H3. The lowest BCUT2D eigenvalue weighted by Crippen LogP contribution is -2.34. The average Bonchev–Trinajstić information content (AvgIpc) is 2.64. The first kappa shape index (κ1) is 15.6. The number of amides is 1. The zero-order valence-corrected chi connectivity index (χ0v) is 11.7. The summed E-state index contributed by atoms with van der Waals surface area (Å²) < 4.78 is 1.36. The van der Waals surface area contributed by atoms with Crippen LogP contribution < -0.4 is 0 Å². The van der Waals surface area contributed by atoms with E-state index in [1.807, 2.05) is 0 Å². The van der Waals surface area contributed by atoms with Gasteiger partial charge in [-0.2, -0.15) is 5.10 Å². The summed E-state index contributed by atoms with van der Waals surface area (Å²) in [6, 6.07) is 0. The van der Waals surface area contributed by atoms with Crippen molar-refractivity contribution in [2.45, 2.75) is 20.4 Å². The highest BCUT2D eigenvalue weighted by atomic mass is 16.6. The molecule has 1 heterocycles. The summed E-state index contributed by atoms with van der Waals surface area (Å²) >= 11 is 0. The van der Waals surface area contributed by atoms with Gasteiger partial charge in [-0.05, 0) is 13.8 Å². The smallest absolute Gasteiger partial charge is 0.312 e. The van der Waals surface area contributed by atoms with E-state index in [4.69, 9.17) is 0 Å². The predicted octanol–water partition coefficient (Wildman–Crippen LogP) is 1.61. The molecule has 1 amide bonds. The van der Waals surface area contributed by atoms with Gasteiger partial charge in [0.15, 0.2) is 0 Å². The van der Waals surface area contributed by atoms with Crippen molar-refractivity contribution in [2.24, 2.45) is 0 Å². The Hall–Kier alpha value is -2.44. The first-order chi connectivity index (χ1) is 9.42. The Morgan fingerprint density at radius 3 is 2.35 bits per heavy atom. The fourth-order valence-electron chi connectivity index (χ4n) is 1.92. The van der Waals surface area contributed by atoms with Gasteiger partial charge in [0.25, 0.3) is 0 Å². The van der Waals surface area contributed by atoms with E-state index in [9.17, 15) is 14.9 Å². The summed E-state index contributed by atoms with van der Waals surface area (Å²) in [5.74, 6) is -0.190. The van der Waals surface area contributed by atoms with Gasteiger partial charge in [-0.1, -0.05) is 12.2 Å². The molecule has 7 heteroatoms. The van der Waals surface area contributed by atoms with Crippen molar-refractivity contribution in [1.82, 2.24) is 14.7 Å². The molecule has 0 aliphatic heterocycles. The molecule has 0 saturated heterocycles. The molecule has 7 nitrogen and oxygen atoms in total. The van der Waals surface area contributed by atoms with E-state index < -0.39 is 4.92 Å². The first-order valence-corrected chi connectivity index (χ1v) is 6.10. The number of aryl methyl sites for hydroxylation is 1. The van der Waals surface area contributed by atoms with Gasteiger partial charge in [-0.25, -0.2) is 0 Å². The Morgan fingerprint density at radius 1 is 1.40 bits per heavy atom. The molecule has 20 heavy (non-hydrogen) atoms. The minimum absolute atomic E-state index is 0.0395. The maximum atomic E-state index is 12.1. The molecule has 1 aromatic heterocycles. The third-order valence-corrected chi connectivity index (χ3v) is 2.86. The van der Waals surface area contributed by atoms with Crippen molar-refractivity contribution in [2.75, 3.05) is 13.1 Å². The zero-order valence-electron chi connectivity index (χ0n) is 11.7. The van der Waals surface area contributed by atoms with E-state index in [1.165, 1.54) is 4.68 Å². The molecule has 1 rings (SSSR count). The maximum absolute atomic E-state index is 12.1. The highest BCUT2D eigenvalue weighted by molar-refractivity contribution is 5.76. The van der Waals surface area contributed by atoms with Gasteiger partial charge in [0.2, 0.25) is 5.91 Å². The molecule has 0 spiro atoms. The van der Waals surface area contributed by atoms with Gasteiger partial charge in [0, 0.05) is 13.1 Å². The molecule has 0 saturated carbocycles. The fourth-order valence-corrected chi connectivity index (χ4v) is 1.92. The number of nitro groups is 1. The Bertz CT molecular complexity index is 538. The number of hydrogen-bond acceptors (Lipinski definition) is 4. The van der Waals surface area contributed by atoms with Gasteiger partial charge < -0.3 is 4.90 Å². The van der Waals surface area contributed by atoms with Crippen molar-refractivity contribution in [3.8, 4) is 0 Å². The summed E-state index contributed by atoms with van der Waals surface area (Å²) in [6.45, 7) is 11.1. The summed E-state index contributed by atoms with van der Waals surface area (Å²) in [5, 5.41) is 15.0. The molecule has 0 unspecified atom stereocenters. The normalized spacial score (nSPS) is 10.1. The molecular weight excluding hydrogens is 260 g/mol. The van der Waals surface area contributed by atoms with Crippen LogP contribution in [0.1, 0.15) is 11.4 Å². The number of carbonyl (C=O) groups is 1. The van der Waals surface area contributed by atoms with Crippen LogP contribution in [0.2, 0.25) is 0 Å². The molecule has 0 aliphatic carbocycles. The largest absolute Gasteiger partial charge is 0.334 e. The Kier molecular flexibility index (Phi) is 5.19. The number of nitrogens with zero attached hydrogens (tertiary/aromatic N) is 4. The van der Waals surface area contributed by atoms with Gasteiger partial charge in [-0.3, -0.25) is 19.6 Å². The van der Waals surface area contributed by atoms with Gasteiger partial charge in [0.05, 0.1) is 4.92 Å². The van der Waals surface area contributed by atoms with E-state index >= 15 is 0 Å². The van der Waals surface area contributed by atoms with Crippen LogP contribution in [0.3, 0.4) is 0 Å². The fraction of sp³-hybridized carbons (Fsp3) is 0.385. The molecule has 0 fully saturated rings. The molecule has 0 atom stereocenters. The molecule has 108 valence electrons. The van der Waals surface area contributed by atoms with Crippen LogP contribution in [-0.4, -0.2) is 38.6 Å². The van der Waals surface area contributed by atoms with Crippen LogP contribution in [0.25, 0.3) is 0 Å². The summed E-state index contributed by atoms with van der Waals surface area (Å²) in [5.41, 5.74) is 0.633. The third kappa shape index (κ3) is 3.31. The van der Waals surface area contributed by atoms with Crippen LogP contribution in [-0.2, 0) is 11.3 Å². The lowest BCUT2D eigenvalue weighted by atomic mass is 10.3. The minimum atomic E-state index is -0.482. The second-order valence-corrected chi connectivity index (χ2v) is 4.31. The van der Waals surface area contributed by atoms with Gasteiger partial charge in [0.1, 0.15) is 17.9 Å². The van der Waals surface area contributed by atoms with E-state index in [0.29, 0.717) is 24.5 Å². The van der Waals surface area contributed by atoms with E-state index in [1.54, 1.807) is 30.9 Å². The van der Waals surface area contributed by atoms with Crippen LogP contribution in [0.5, 0.6) is 0 Å². The quantitative estimate of drug-likeness (QED) is 0.431. The second kappa shape index (κ2) is 6.65. The van der Waals surface area contributed by atoms with Gasteiger partial charge in [-0.15, -0.1) is 13.2 Å². The van der Waals surface area contributed by atoms with Crippen molar-refractivity contribution in [1.29, 1.82) is 0 Å². The highest BCUT2D eigenvalue weighted by Gasteiger charge is 2.23. The average molecular weight is 278 g/mol. The number of hydrogen-bond donors (Lipinski definition) is 0. The van der Waals surface area contributed by atoms with Crippen LogP contribution in [0.4, 0.5) is 5.69 Å². The molecule has 0 radical (unpaired) electrons. The monoisotopic (exact) mass is 278 g/mol. The zero-order chi connectivity index (χ0) is 15.3. The van der Waals surface area contributed by atoms with E-state index in [-0.39, 0.29) is 18.1 Å². The topological polar surface area (TPSA) is 81.3 Å². The molecule has 0 aromatic carbocycles. The third-order valence-electron chi connectivity index (χ3n) is 2.86. The highest BCUT2D eigenvalue weighted by Crippen LogP contribution is 2.21. The molecule has 0 N–H and O–H groups in total. The second-order valence-electron chi connectivity index (χ2n) is 4.31. The molecule has 1 aromatic rings. The van der Waals surface area contributed by atoms with Gasteiger partial charge >= 0.3 is 5.69 Å². The summed E-state index contributed by atoms with van der Waals surface area (Å²) in [7, 11) is 0. The van der Waals surface area contributed by atoms with Crippen LogP contribution >= 0.6 is 0 Å². The minimum Gasteiger partial charge on any atom is -0.334 e. The van der Waals surface area contributed by atoms with Crippen molar-refractivity contribution in [3.63, 3.8) is 0 Å². The molecular formula is C13H18N4O3. The SMILES string of the molecule is C=CCN(CC=C)C(=O)Cn1nc(C)c([N+](=O)[O-])c1C. The first-order valence-electron chi connectivity index (χ1n) is 6.10. The lowest BCUT2D eigenvalue weighted by molar-refractivity contribution is -0.386. The molecule has 0 bridgehead atoms. The van der Waals surface area contributed by atoms with Crippen LogP contribution in [0.15, 0.2) is 25.3 Å². The predicted molar refractivity (Wildman–Crippen MR) is 75.3 cm³/mol. The van der Waals surface area contributed by atoms with Crippen molar-refractivity contribution >= 4 is 11.6 Å². The maximum Gasteiger partial charge on any atom is 0.312 e. The number of carbonyl (C=O) groups excluding carboxylic acids is 1. The summed E-state index contributed by atoms with van der Waals surface area (Å²) in [6.07, 6.45) is 3.23. The number of aromatic nitrogens is 2. The van der Waals surface area contributed by atoms with Crippen molar-refractivity contribution in [3.05, 3.63) is 46.8 Å². The Labute approximate surface area is 117 Å². The van der Waals surface area contributed by atoms with E-state index in [0.717, 1.165) is 0 Å². The van der Waals surface area contributed by atoms with E-state index in [2.05, 4.69) is 18.3 Å². The van der Waals surface area contributed by atoms with Crippen molar-refractivity contribution < 1.29 is 9.72 Å². The van der Waals surface area contributed by atoms with Crippen LogP contribution in [0, 0.1) is 24.0 Å². The lowest BCUT2D eigenvalue weighted by Gasteiger charge is -2.19. The number of rotatable bonds is 7. The summed E-state index contributed by atoms with van der Waals surface area (Å²) in [4.78, 5) is 24.1. The Morgan fingerprint density at radius 2 is 1.95 bits per heavy atom. The Balaban J connectivity index is 2.95.